The van der Waals surface area contributed by atoms with E-state index in [0.717, 1.165) is 51.3 Å². The Balaban J connectivity index is 1.87. The van der Waals surface area contributed by atoms with Crippen molar-refractivity contribution in [3.63, 3.8) is 0 Å². The molecule has 0 saturated carbocycles. The van der Waals surface area contributed by atoms with Crippen LogP contribution >= 0.6 is 0 Å². The fourth-order valence-corrected chi connectivity index (χ4v) is 3.22. The monoisotopic (exact) mass is 261 g/mol. The van der Waals surface area contributed by atoms with Crippen LogP contribution in [0.15, 0.2) is 0 Å². The van der Waals surface area contributed by atoms with Gasteiger partial charge in [0, 0.05) is 30.5 Å². The summed E-state index contributed by atoms with van der Waals surface area (Å²) < 4.78 is 5.42. The lowest BCUT2D eigenvalue weighted by Gasteiger charge is -2.26. The molecule has 2 heterocycles. The zero-order valence-electron chi connectivity index (χ0n) is 11.7. The number of hydrogen-bond acceptors (Lipinski definition) is 4. The van der Waals surface area contributed by atoms with Crippen molar-refractivity contribution >= 4 is 0 Å². The topological polar surface area (TPSA) is 61.0 Å². The van der Waals surface area contributed by atoms with Gasteiger partial charge in [0.05, 0.1) is 0 Å². The second-order valence-electron chi connectivity index (χ2n) is 5.82. The molecule has 0 radical (unpaired) electrons. The summed E-state index contributed by atoms with van der Waals surface area (Å²) >= 11 is 0. The Kier molecular flexibility index (Phi) is 3.80. The van der Waals surface area contributed by atoms with E-state index in [2.05, 4.69) is 6.92 Å². The van der Waals surface area contributed by atoms with Gasteiger partial charge in [-0.15, -0.1) is 0 Å². The highest BCUT2D eigenvalue weighted by Gasteiger charge is 2.25. The third-order valence-electron chi connectivity index (χ3n) is 4.52. The van der Waals surface area contributed by atoms with E-state index < -0.39 is 0 Å². The number of nitrogens with zero attached hydrogens (tertiary/aromatic N) is 2. The van der Waals surface area contributed by atoms with Crippen LogP contribution in [-0.4, -0.2) is 29.7 Å². The lowest BCUT2D eigenvalue weighted by atomic mass is 9.85. The van der Waals surface area contributed by atoms with Crippen molar-refractivity contribution in [2.75, 3.05) is 19.8 Å². The fourth-order valence-electron chi connectivity index (χ4n) is 3.22. The first-order chi connectivity index (χ1) is 9.28. The molecule has 2 aliphatic rings. The number of nitrogens with two attached hydrogens (primary N) is 1. The summed E-state index contributed by atoms with van der Waals surface area (Å²) in [5, 5.41) is 0. The van der Waals surface area contributed by atoms with E-state index in [4.69, 9.17) is 20.4 Å². The second kappa shape index (κ2) is 5.55. The van der Waals surface area contributed by atoms with Gasteiger partial charge in [0.25, 0.3) is 0 Å². The molecule has 1 aromatic heterocycles. The summed E-state index contributed by atoms with van der Waals surface area (Å²) in [7, 11) is 0. The van der Waals surface area contributed by atoms with Gasteiger partial charge in [0.2, 0.25) is 0 Å². The normalized spacial score (nSPS) is 24.2. The van der Waals surface area contributed by atoms with Gasteiger partial charge < -0.3 is 10.5 Å². The largest absolute Gasteiger partial charge is 0.381 e. The molecule has 4 nitrogen and oxygen atoms in total. The maximum absolute atomic E-state index is 5.80. The zero-order valence-corrected chi connectivity index (χ0v) is 11.7. The minimum absolute atomic E-state index is 0.491. The average molecular weight is 261 g/mol. The lowest BCUT2D eigenvalue weighted by molar-refractivity contribution is 0.0834. The molecular formula is C15H23N3O. The molecule has 1 atom stereocenters. The van der Waals surface area contributed by atoms with Crippen molar-refractivity contribution in [1.29, 1.82) is 0 Å². The van der Waals surface area contributed by atoms with E-state index in [1.807, 2.05) is 0 Å². The third kappa shape index (κ3) is 2.65. The molecular weight excluding hydrogens is 238 g/mol. The van der Waals surface area contributed by atoms with E-state index in [1.54, 1.807) is 0 Å². The average Bonchev–Trinajstić information content (AvgIpc) is 2.48. The third-order valence-corrected chi connectivity index (χ3v) is 4.52. The van der Waals surface area contributed by atoms with E-state index in [9.17, 15) is 0 Å². The van der Waals surface area contributed by atoms with E-state index in [1.165, 1.54) is 23.4 Å². The van der Waals surface area contributed by atoms with Crippen molar-refractivity contribution in [3.05, 3.63) is 22.8 Å². The highest BCUT2D eigenvalue weighted by atomic mass is 16.5. The van der Waals surface area contributed by atoms with E-state index in [-0.39, 0.29) is 0 Å². The summed E-state index contributed by atoms with van der Waals surface area (Å²) in [4.78, 5) is 9.63. The Morgan fingerprint density at radius 1 is 1.21 bits per heavy atom. The van der Waals surface area contributed by atoms with Crippen molar-refractivity contribution in [3.8, 4) is 0 Å². The van der Waals surface area contributed by atoms with Crippen molar-refractivity contribution in [2.45, 2.75) is 44.9 Å². The van der Waals surface area contributed by atoms with Crippen LogP contribution in [0.25, 0.3) is 0 Å². The molecule has 0 aromatic carbocycles. The van der Waals surface area contributed by atoms with Crippen LogP contribution in [0.3, 0.4) is 0 Å². The Bertz CT molecular complexity index is 455. The van der Waals surface area contributed by atoms with Crippen LogP contribution in [0.5, 0.6) is 0 Å². The van der Waals surface area contributed by atoms with Crippen LogP contribution < -0.4 is 5.73 Å². The maximum atomic E-state index is 5.80. The SMILES string of the molecule is Cc1nc(C2CCOCC2)nc2c1CC(CN)CC2. The smallest absolute Gasteiger partial charge is 0.132 e. The summed E-state index contributed by atoms with van der Waals surface area (Å²) in [6.45, 7) is 4.60. The first-order valence-electron chi connectivity index (χ1n) is 7.42. The number of rotatable bonds is 2. The van der Waals surface area contributed by atoms with Gasteiger partial charge in [-0.25, -0.2) is 9.97 Å². The summed E-state index contributed by atoms with van der Waals surface area (Å²) in [6.07, 6.45) is 5.42. The molecule has 1 unspecified atom stereocenters. The van der Waals surface area contributed by atoms with Crippen LogP contribution in [0, 0.1) is 12.8 Å². The first kappa shape index (κ1) is 13.0. The number of aryl methyl sites for hydroxylation is 2. The van der Waals surface area contributed by atoms with Crippen LogP contribution in [-0.2, 0) is 17.6 Å². The molecule has 0 amide bonds. The molecule has 1 aromatic rings. The first-order valence-corrected chi connectivity index (χ1v) is 7.42. The second-order valence-corrected chi connectivity index (χ2v) is 5.82. The number of ether oxygens (including phenoxy) is 1. The summed E-state index contributed by atoms with van der Waals surface area (Å²) in [6, 6.07) is 0. The van der Waals surface area contributed by atoms with E-state index >= 15 is 0 Å². The molecule has 1 fully saturated rings. The van der Waals surface area contributed by atoms with Crippen LogP contribution in [0.1, 0.15) is 48.0 Å². The number of fused-ring (bicyclic) bond motifs is 1. The van der Waals surface area contributed by atoms with Gasteiger partial charge >= 0.3 is 0 Å². The van der Waals surface area contributed by atoms with Crippen molar-refractivity contribution in [1.82, 2.24) is 9.97 Å². The Labute approximate surface area is 114 Å². The van der Waals surface area contributed by atoms with Gasteiger partial charge in [0.15, 0.2) is 0 Å². The zero-order chi connectivity index (χ0) is 13.2. The molecule has 4 heteroatoms. The molecule has 2 N–H and O–H groups in total. The predicted octanol–water partition coefficient (Wildman–Crippen LogP) is 1.74. The van der Waals surface area contributed by atoms with Gasteiger partial charge in [-0.1, -0.05) is 0 Å². The Morgan fingerprint density at radius 3 is 2.74 bits per heavy atom. The van der Waals surface area contributed by atoms with E-state index in [0.29, 0.717) is 11.8 Å². The molecule has 1 aliphatic carbocycles. The van der Waals surface area contributed by atoms with Crippen molar-refractivity contribution < 1.29 is 4.74 Å². The van der Waals surface area contributed by atoms with Gasteiger partial charge in [0.1, 0.15) is 5.82 Å². The highest BCUT2D eigenvalue weighted by molar-refractivity contribution is 5.29. The minimum Gasteiger partial charge on any atom is -0.381 e. The minimum atomic E-state index is 0.491. The van der Waals surface area contributed by atoms with Crippen molar-refractivity contribution in [2.24, 2.45) is 11.7 Å². The predicted molar refractivity (Wildman–Crippen MR) is 74.1 cm³/mol. The Hall–Kier alpha value is -1.00. The van der Waals surface area contributed by atoms with Gasteiger partial charge in [-0.2, -0.15) is 0 Å². The molecule has 3 rings (SSSR count). The van der Waals surface area contributed by atoms with Crippen LogP contribution in [0.4, 0.5) is 0 Å². The molecule has 0 spiro atoms. The quantitative estimate of drug-likeness (QED) is 0.881. The molecule has 0 bridgehead atoms. The molecule has 19 heavy (non-hydrogen) atoms. The Morgan fingerprint density at radius 2 is 2.00 bits per heavy atom. The summed E-state index contributed by atoms with van der Waals surface area (Å²) in [5.74, 6) is 2.15. The standard InChI is InChI=1S/C15H23N3O/c1-10-13-8-11(9-16)2-3-14(13)18-15(17-10)12-4-6-19-7-5-12/h11-12H,2-9,16H2,1H3. The highest BCUT2D eigenvalue weighted by Crippen LogP contribution is 2.29. The molecule has 104 valence electrons. The number of hydrogen-bond donors (Lipinski definition) is 1. The molecule has 1 aliphatic heterocycles. The number of aromatic nitrogens is 2. The van der Waals surface area contributed by atoms with Gasteiger partial charge in [-0.05, 0) is 57.1 Å². The van der Waals surface area contributed by atoms with Gasteiger partial charge in [-0.3, -0.25) is 0 Å². The molecule has 1 saturated heterocycles. The fraction of sp³-hybridized carbons (Fsp3) is 0.733. The summed E-state index contributed by atoms with van der Waals surface area (Å²) in [5.41, 5.74) is 9.61. The van der Waals surface area contributed by atoms with Crippen LogP contribution in [0.2, 0.25) is 0 Å². The lowest BCUT2D eigenvalue weighted by Crippen LogP contribution is -2.25. The maximum Gasteiger partial charge on any atom is 0.132 e.